The number of anilines is 1. The van der Waals surface area contributed by atoms with Gasteiger partial charge in [0.15, 0.2) is 0 Å². The van der Waals surface area contributed by atoms with Gasteiger partial charge in [-0.05, 0) is 31.1 Å². The van der Waals surface area contributed by atoms with Crippen LogP contribution in [-0.4, -0.2) is 47.1 Å². The van der Waals surface area contributed by atoms with Crippen molar-refractivity contribution in [2.24, 2.45) is 0 Å². The summed E-state index contributed by atoms with van der Waals surface area (Å²) in [4.78, 5) is 34.7. The summed E-state index contributed by atoms with van der Waals surface area (Å²) in [7, 11) is 1.47. The largest absolute Gasteiger partial charge is 0.488 e. The van der Waals surface area contributed by atoms with Crippen molar-refractivity contribution in [1.29, 1.82) is 5.26 Å². The van der Waals surface area contributed by atoms with E-state index in [1.54, 1.807) is 35.7 Å². The van der Waals surface area contributed by atoms with E-state index in [4.69, 9.17) is 14.2 Å². The highest BCUT2D eigenvalue weighted by Crippen LogP contribution is 2.33. The third-order valence-electron chi connectivity index (χ3n) is 6.29. The Morgan fingerprint density at radius 2 is 2.24 bits per heavy atom. The van der Waals surface area contributed by atoms with E-state index in [1.807, 2.05) is 17.2 Å². The molecule has 0 bridgehead atoms. The number of aromatic nitrogens is 2. The lowest BCUT2D eigenvalue weighted by molar-refractivity contribution is 0.0742. The fraction of sp³-hybridized carbons (Fsp3) is 0.259. The van der Waals surface area contributed by atoms with Crippen LogP contribution in [0.15, 0.2) is 83.3 Å². The lowest BCUT2D eigenvalue weighted by atomic mass is 10.0. The van der Waals surface area contributed by atoms with E-state index in [0.29, 0.717) is 47.8 Å². The van der Waals surface area contributed by atoms with Gasteiger partial charge >= 0.3 is 0 Å². The summed E-state index contributed by atoms with van der Waals surface area (Å²) in [5, 5.41) is 9.41. The Hall–Kier alpha value is -4.78. The van der Waals surface area contributed by atoms with Crippen molar-refractivity contribution in [3.05, 3.63) is 100.0 Å². The average molecular weight is 500 g/mol. The molecule has 0 unspecified atom stereocenters. The number of carbonyl (C=O) groups excluding carboxylic acids is 1. The molecule has 3 aliphatic rings. The Kier molecular flexibility index (Phi) is 6.76. The van der Waals surface area contributed by atoms with Gasteiger partial charge < -0.3 is 29.0 Å². The zero-order valence-corrected chi connectivity index (χ0v) is 20.2. The Labute approximate surface area is 213 Å². The Bertz CT molecular complexity index is 1430. The van der Waals surface area contributed by atoms with Crippen molar-refractivity contribution in [2.45, 2.75) is 25.4 Å². The molecule has 0 radical (unpaired) electrons. The first kappa shape index (κ1) is 23.9. The van der Waals surface area contributed by atoms with Crippen LogP contribution in [0.4, 0.5) is 5.69 Å². The van der Waals surface area contributed by atoms with Gasteiger partial charge in [-0.2, -0.15) is 5.26 Å². The standard InChI is InChI=1S/C27H25N5O5/c1-35-26-19(14-28)12-20(15-30-26)31-10-11-36-24(17-31)22-4-2-3-5-23(22)37-21-7-9-32(16-21)27(34)18-6-8-29-25(33)13-18/h3,5-6,8,10-13,15,17,21H,2,4,7,9,16H2,1H3,(H,29,33)/t21-/m0/s1. The van der Waals surface area contributed by atoms with Crippen molar-refractivity contribution in [1.82, 2.24) is 14.9 Å². The molecule has 1 N–H and O–H groups in total. The lowest BCUT2D eigenvalue weighted by Crippen LogP contribution is -2.31. The topological polar surface area (TPSA) is 121 Å². The minimum Gasteiger partial charge on any atom is -0.488 e. The number of nitriles is 1. The molecule has 2 aromatic rings. The number of aromatic amines is 1. The van der Waals surface area contributed by atoms with Crippen LogP contribution in [0.25, 0.3) is 0 Å². The molecule has 0 aromatic carbocycles. The fourth-order valence-electron chi connectivity index (χ4n) is 4.45. The number of hydrogen-bond donors (Lipinski definition) is 1. The van der Waals surface area contributed by atoms with Crippen LogP contribution in [0.2, 0.25) is 0 Å². The zero-order chi connectivity index (χ0) is 25.8. The molecule has 10 heteroatoms. The van der Waals surface area contributed by atoms with Crippen LogP contribution in [0.3, 0.4) is 0 Å². The summed E-state index contributed by atoms with van der Waals surface area (Å²) in [5.41, 5.74) is 1.99. The number of likely N-dealkylation sites (tertiary alicyclic amines) is 1. The highest BCUT2D eigenvalue weighted by molar-refractivity contribution is 5.94. The second-order valence-electron chi connectivity index (χ2n) is 8.67. The Morgan fingerprint density at radius 3 is 3.05 bits per heavy atom. The summed E-state index contributed by atoms with van der Waals surface area (Å²) >= 11 is 0. The summed E-state index contributed by atoms with van der Waals surface area (Å²) < 4.78 is 17.4. The maximum absolute atomic E-state index is 12.8. The summed E-state index contributed by atoms with van der Waals surface area (Å²) in [6, 6.07) is 6.71. The number of hydrogen-bond acceptors (Lipinski definition) is 8. The van der Waals surface area contributed by atoms with Crippen LogP contribution in [0.5, 0.6) is 5.88 Å². The number of rotatable bonds is 6. The number of amides is 1. The summed E-state index contributed by atoms with van der Waals surface area (Å²) in [6.07, 6.45) is 14.3. The van der Waals surface area contributed by atoms with Crippen molar-refractivity contribution in [2.75, 3.05) is 25.1 Å². The zero-order valence-electron chi connectivity index (χ0n) is 20.2. The van der Waals surface area contributed by atoms with E-state index in [1.165, 1.54) is 19.4 Å². The molecule has 1 saturated heterocycles. The van der Waals surface area contributed by atoms with E-state index in [2.05, 4.69) is 22.1 Å². The number of pyridine rings is 2. The number of nitrogens with zero attached hydrogens (tertiary/aromatic N) is 4. The second-order valence-corrected chi connectivity index (χ2v) is 8.67. The quantitative estimate of drug-likeness (QED) is 0.643. The number of allylic oxidation sites excluding steroid dienone is 3. The molecule has 37 heavy (non-hydrogen) atoms. The van der Waals surface area contributed by atoms with Crippen molar-refractivity contribution < 1.29 is 19.0 Å². The molecular formula is C27H25N5O5. The van der Waals surface area contributed by atoms with E-state index < -0.39 is 0 Å². The molecule has 1 atom stereocenters. The minimum absolute atomic E-state index is 0.182. The van der Waals surface area contributed by atoms with Crippen LogP contribution in [-0.2, 0) is 9.47 Å². The molecule has 1 aliphatic carbocycles. The van der Waals surface area contributed by atoms with Gasteiger partial charge in [-0.25, -0.2) is 4.98 Å². The third-order valence-corrected chi connectivity index (χ3v) is 6.29. The average Bonchev–Trinajstić information content (AvgIpc) is 3.41. The lowest BCUT2D eigenvalue weighted by Gasteiger charge is -2.26. The van der Waals surface area contributed by atoms with Gasteiger partial charge in [-0.15, -0.1) is 0 Å². The number of ether oxygens (including phenoxy) is 3. The number of carbonyl (C=O) groups is 1. The molecule has 4 heterocycles. The molecule has 5 rings (SSSR count). The molecule has 188 valence electrons. The number of H-pyrrole nitrogens is 1. The highest BCUT2D eigenvalue weighted by atomic mass is 16.5. The van der Waals surface area contributed by atoms with Gasteiger partial charge in [0, 0.05) is 42.6 Å². The van der Waals surface area contributed by atoms with Crippen LogP contribution < -0.4 is 15.2 Å². The molecule has 0 saturated carbocycles. The molecule has 0 spiro atoms. The second kappa shape index (κ2) is 10.5. The smallest absolute Gasteiger partial charge is 0.254 e. The van der Waals surface area contributed by atoms with Crippen molar-refractivity contribution in [3.8, 4) is 11.9 Å². The van der Waals surface area contributed by atoms with E-state index in [-0.39, 0.29) is 23.5 Å². The molecule has 10 nitrogen and oxygen atoms in total. The minimum atomic E-state index is -0.307. The first-order valence-electron chi connectivity index (χ1n) is 11.9. The van der Waals surface area contributed by atoms with E-state index >= 15 is 0 Å². The SMILES string of the molecule is COc1ncc(N2C=COC(C3=C(O[C@H]4CCN(C(=O)c5cc[nH]c(=O)c5)C4)C=CCC3)=C2)cc1C#N. The monoisotopic (exact) mass is 499 g/mol. The number of methoxy groups -OCH3 is 1. The first-order valence-corrected chi connectivity index (χ1v) is 11.9. The van der Waals surface area contributed by atoms with Gasteiger partial charge in [0.05, 0.1) is 31.7 Å². The predicted molar refractivity (Wildman–Crippen MR) is 134 cm³/mol. The highest BCUT2D eigenvalue weighted by Gasteiger charge is 2.30. The van der Waals surface area contributed by atoms with Crippen LogP contribution >= 0.6 is 0 Å². The van der Waals surface area contributed by atoms with Gasteiger partial charge in [0.2, 0.25) is 11.4 Å². The van der Waals surface area contributed by atoms with Crippen LogP contribution in [0.1, 0.15) is 35.2 Å². The first-order chi connectivity index (χ1) is 18.1. The normalized spacial score (nSPS) is 18.8. The summed E-state index contributed by atoms with van der Waals surface area (Å²) in [6.45, 7) is 0.973. The Balaban J connectivity index is 1.33. The van der Waals surface area contributed by atoms with E-state index in [0.717, 1.165) is 18.4 Å². The van der Waals surface area contributed by atoms with Crippen molar-refractivity contribution >= 4 is 11.6 Å². The number of nitrogens with one attached hydrogen (secondary N) is 1. The predicted octanol–water partition coefficient (Wildman–Crippen LogP) is 3.33. The van der Waals surface area contributed by atoms with Gasteiger partial charge in [-0.3, -0.25) is 9.59 Å². The fourth-order valence-corrected chi connectivity index (χ4v) is 4.45. The van der Waals surface area contributed by atoms with Gasteiger partial charge in [0.1, 0.15) is 35.5 Å². The van der Waals surface area contributed by atoms with E-state index in [9.17, 15) is 14.9 Å². The molecule has 1 amide bonds. The molecular weight excluding hydrogens is 474 g/mol. The van der Waals surface area contributed by atoms with Crippen molar-refractivity contribution in [3.63, 3.8) is 0 Å². The molecule has 2 aromatic heterocycles. The van der Waals surface area contributed by atoms with Gasteiger partial charge in [-0.1, -0.05) is 6.08 Å². The summed E-state index contributed by atoms with van der Waals surface area (Å²) in [5.74, 6) is 1.42. The molecule has 1 fully saturated rings. The third kappa shape index (κ3) is 5.11. The maximum Gasteiger partial charge on any atom is 0.254 e. The van der Waals surface area contributed by atoms with Crippen LogP contribution in [0, 0.1) is 11.3 Å². The van der Waals surface area contributed by atoms with Gasteiger partial charge in [0.25, 0.3) is 5.91 Å². The maximum atomic E-state index is 12.8. The Morgan fingerprint density at radius 1 is 1.35 bits per heavy atom. The molecule has 2 aliphatic heterocycles.